The third-order valence-electron chi connectivity index (χ3n) is 11.2. The van der Waals surface area contributed by atoms with Crippen LogP contribution in [0.25, 0.3) is 0 Å². The molecule has 1 nitrogen and oxygen atoms in total. The second-order valence-electron chi connectivity index (χ2n) is 13.0. The van der Waals surface area contributed by atoms with Gasteiger partial charge in [-0.2, -0.15) is 0 Å². The average Bonchev–Trinajstić information content (AvgIpc) is 3.32. The van der Waals surface area contributed by atoms with Gasteiger partial charge >= 0.3 is 0 Å². The molecule has 0 saturated heterocycles. The molecule has 8 unspecified atom stereocenters. The molecule has 4 fully saturated rings. The molecule has 0 aliphatic heterocycles. The first kappa shape index (κ1) is 20.6. The van der Waals surface area contributed by atoms with Crippen LogP contribution in [0.2, 0.25) is 0 Å². The van der Waals surface area contributed by atoms with E-state index in [-0.39, 0.29) is 6.10 Å². The van der Waals surface area contributed by atoms with E-state index in [4.69, 9.17) is 0 Å². The van der Waals surface area contributed by atoms with Crippen LogP contribution in [0.4, 0.5) is 0 Å². The standard InChI is InChI=1S/C28H46O/c1-17(2)14-19-15-23(19)18(3)24-8-9-25-22-7-6-20-16-21(29)10-12-27(20,4)26(22)11-13-28(24,25)5/h6,17-19,21-26,29H,7-16H2,1-5H3/t18-,19?,21?,22?,23+,24?,25?,26?,27?,28?/m1/s1. The van der Waals surface area contributed by atoms with Gasteiger partial charge in [0, 0.05) is 0 Å². The van der Waals surface area contributed by atoms with Gasteiger partial charge in [-0.25, -0.2) is 0 Å². The fraction of sp³-hybridized carbons (Fsp3) is 0.929. The molecule has 10 atom stereocenters. The van der Waals surface area contributed by atoms with E-state index in [2.05, 4.69) is 40.7 Å². The van der Waals surface area contributed by atoms with Crippen molar-refractivity contribution >= 4 is 0 Å². The van der Waals surface area contributed by atoms with Gasteiger partial charge in [-0.15, -0.1) is 0 Å². The summed E-state index contributed by atoms with van der Waals surface area (Å²) >= 11 is 0. The summed E-state index contributed by atoms with van der Waals surface area (Å²) in [5, 5.41) is 10.2. The Labute approximate surface area is 180 Å². The molecule has 0 bridgehead atoms. The number of fused-ring (bicyclic) bond motifs is 5. The van der Waals surface area contributed by atoms with E-state index in [1.807, 2.05) is 0 Å². The van der Waals surface area contributed by atoms with Crippen LogP contribution in [0, 0.1) is 58.2 Å². The van der Waals surface area contributed by atoms with Gasteiger partial charge < -0.3 is 5.11 Å². The van der Waals surface area contributed by atoms with Gasteiger partial charge in [0.15, 0.2) is 0 Å². The maximum absolute atomic E-state index is 10.2. The lowest BCUT2D eigenvalue weighted by Crippen LogP contribution is -2.50. The number of aliphatic hydroxyl groups is 1. The quantitative estimate of drug-likeness (QED) is 0.495. The van der Waals surface area contributed by atoms with Crippen LogP contribution in [0.5, 0.6) is 0 Å². The Balaban J connectivity index is 1.34. The number of hydrogen-bond donors (Lipinski definition) is 1. The normalized spacial score (nSPS) is 52.4. The summed E-state index contributed by atoms with van der Waals surface area (Å²) in [4.78, 5) is 0. The van der Waals surface area contributed by atoms with Crippen molar-refractivity contribution in [3.8, 4) is 0 Å². The fourth-order valence-corrected chi connectivity index (χ4v) is 9.64. The summed E-state index contributed by atoms with van der Waals surface area (Å²) < 4.78 is 0. The molecule has 0 radical (unpaired) electrons. The maximum atomic E-state index is 10.2. The summed E-state index contributed by atoms with van der Waals surface area (Å²) in [5.74, 6) is 7.62. The van der Waals surface area contributed by atoms with Crippen LogP contribution in [-0.2, 0) is 0 Å². The Bertz CT molecular complexity index is 663. The van der Waals surface area contributed by atoms with E-state index >= 15 is 0 Å². The minimum absolute atomic E-state index is 0.0752. The lowest BCUT2D eigenvalue weighted by molar-refractivity contribution is -0.0584. The zero-order valence-corrected chi connectivity index (χ0v) is 19.8. The molecule has 0 amide bonds. The van der Waals surface area contributed by atoms with Crippen LogP contribution < -0.4 is 0 Å². The third-order valence-corrected chi connectivity index (χ3v) is 11.2. The Morgan fingerprint density at radius 2 is 1.83 bits per heavy atom. The summed E-state index contributed by atoms with van der Waals surface area (Å²) in [7, 11) is 0. The molecule has 1 heteroatoms. The summed E-state index contributed by atoms with van der Waals surface area (Å²) in [6.07, 6.45) is 16.0. The Kier molecular flexibility index (Phi) is 5.05. The minimum atomic E-state index is -0.0752. The number of allylic oxidation sites excluding steroid dienone is 1. The molecule has 5 rings (SSSR count). The van der Waals surface area contributed by atoms with Gasteiger partial charge in [0.2, 0.25) is 0 Å². The van der Waals surface area contributed by atoms with Crippen molar-refractivity contribution in [2.75, 3.05) is 0 Å². The molecule has 4 saturated carbocycles. The highest BCUT2D eigenvalue weighted by Gasteiger charge is 2.60. The fourth-order valence-electron chi connectivity index (χ4n) is 9.64. The summed E-state index contributed by atoms with van der Waals surface area (Å²) in [6.45, 7) is 12.7. The second-order valence-corrected chi connectivity index (χ2v) is 13.0. The first-order valence-electron chi connectivity index (χ1n) is 13.1. The van der Waals surface area contributed by atoms with E-state index in [9.17, 15) is 5.11 Å². The van der Waals surface area contributed by atoms with Crippen molar-refractivity contribution < 1.29 is 5.11 Å². The SMILES string of the molecule is CC(C)CC1C[C@H]1[C@@H](C)C1CCC2C3CC=C4CC(O)CCC4(C)C3CCC21C. The van der Waals surface area contributed by atoms with Crippen molar-refractivity contribution in [1.29, 1.82) is 0 Å². The molecule has 0 heterocycles. The topological polar surface area (TPSA) is 20.2 Å². The molecule has 164 valence electrons. The lowest BCUT2D eigenvalue weighted by Gasteiger charge is -2.58. The molecule has 0 aromatic heterocycles. The van der Waals surface area contributed by atoms with Crippen molar-refractivity contribution in [2.24, 2.45) is 58.2 Å². The maximum Gasteiger partial charge on any atom is 0.0577 e. The monoisotopic (exact) mass is 398 g/mol. The highest BCUT2D eigenvalue weighted by atomic mass is 16.3. The van der Waals surface area contributed by atoms with Crippen molar-refractivity contribution in [3.05, 3.63) is 11.6 Å². The van der Waals surface area contributed by atoms with Gasteiger partial charge in [0.1, 0.15) is 0 Å². The number of hydrogen-bond acceptors (Lipinski definition) is 1. The highest BCUT2D eigenvalue weighted by Crippen LogP contribution is 2.68. The second kappa shape index (κ2) is 7.11. The van der Waals surface area contributed by atoms with Crippen molar-refractivity contribution in [2.45, 2.75) is 105 Å². The van der Waals surface area contributed by atoms with Gasteiger partial charge in [0.05, 0.1) is 6.10 Å². The first-order chi connectivity index (χ1) is 13.7. The Morgan fingerprint density at radius 3 is 2.59 bits per heavy atom. The predicted molar refractivity (Wildman–Crippen MR) is 121 cm³/mol. The van der Waals surface area contributed by atoms with Gasteiger partial charge in [-0.3, -0.25) is 0 Å². The molecule has 0 aromatic rings. The Hall–Kier alpha value is -0.300. The third kappa shape index (κ3) is 3.19. The van der Waals surface area contributed by atoms with Gasteiger partial charge in [0.25, 0.3) is 0 Å². The van der Waals surface area contributed by atoms with Gasteiger partial charge in [-0.05, 0) is 122 Å². The summed E-state index contributed by atoms with van der Waals surface area (Å²) in [5.41, 5.74) is 2.62. The molecular formula is C28H46O. The van der Waals surface area contributed by atoms with E-state index in [1.54, 1.807) is 5.57 Å². The van der Waals surface area contributed by atoms with Crippen molar-refractivity contribution in [3.63, 3.8) is 0 Å². The lowest BCUT2D eigenvalue weighted by atomic mass is 9.47. The van der Waals surface area contributed by atoms with E-state index in [1.165, 1.54) is 51.4 Å². The van der Waals surface area contributed by atoms with Crippen LogP contribution in [-0.4, -0.2) is 11.2 Å². The van der Waals surface area contributed by atoms with E-state index < -0.39 is 0 Å². The van der Waals surface area contributed by atoms with Crippen LogP contribution in [0.1, 0.15) is 98.8 Å². The molecule has 0 spiro atoms. The molecule has 5 aliphatic carbocycles. The van der Waals surface area contributed by atoms with Crippen LogP contribution in [0.15, 0.2) is 11.6 Å². The number of rotatable bonds is 4. The first-order valence-corrected chi connectivity index (χ1v) is 13.1. The van der Waals surface area contributed by atoms with Crippen molar-refractivity contribution in [1.82, 2.24) is 0 Å². The molecule has 29 heavy (non-hydrogen) atoms. The highest BCUT2D eigenvalue weighted by molar-refractivity contribution is 5.25. The zero-order chi connectivity index (χ0) is 20.6. The minimum Gasteiger partial charge on any atom is -0.393 e. The number of aliphatic hydroxyl groups excluding tert-OH is 1. The van der Waals surface area contributed by atoms with E-state index in [0.717, 1.165) is 60.2 Å². The largest absolute Gasteiger partial charge is 0.393 e. The van der Waals surface area contributed by atoms with E-state index in [0.29, 0.717) is 10.8 Å². The average molecular weight is 399 g/mol. The van der Waals surface area contributed by atoms with Crippen LogP contribution in [0.3, 0.4) is 0 Å². The summed E-state index contributed by atoms with van der Waals surface area (Å²) in [6, 6.07) is 0. The smallest absolute Gasteiger partial charge is 0.0577 e. The predicted octanol–water partition coefficient (Wildman–Crippen LogP) is 7.24. The molecule has 0 aromatic carbocycles. The zero-order valence-electron chi connectivity index (χ0n) is 19.8. The van der Waals surface area contributed by atoms with Crippen LogP contribution >= 0.6 is 0 Å². The molecular weight excluding hydrogens is 352 g/mol. The Morgan fingerprint density at radius 1 is 1.03 bits per heavy atom. The molecule has 1 N–H and O–H groups in total. The molecule has 5 aliphatic rings. The van der Waals surface area contributed by atoms with Gasteiger partial charge in [-0.1, -0.05) is 46.3 Å².